The molecule has 0 spiro atoms. The van der Waals surface area contributed by atoms with Crippen molar-refractivity contribution in [3.63, 3.8) is 0 Å². The van der Waals surface area contributed by atoms with Crippen LogP contribution in [0.4, 0.5) is 5.69 Å². The number of carbonyl (C=O) groups excluding carboxylic acids is 1. The average Bonchev–Trinajstić information content (AvgIpc) is 3.48. The normalized spacial score (nSPS) is 14.0. The Morgan fingerprint density at radius 1 is 1.16 bits per heavy atom. The molecule has 1 amide bonds. The van der Waals surface area contributed by atoms with Crippen LogP contribution < -0.4 is 5.32 Å². The summed E-state index contributed by atoms with van der Waals surface area (Å²) in [6, 6.07) is 10.2. The molecule has 1 fully saturated rings. The van der Waals surface area contributed by atoms with E-state index in [2.05, 4.69) is 48.9 Å². The maximum absolute atomic E-state index is 12.0. The summed E-state index contributed by atoms with van der Waals surface area (Å²) in [7, 11) is 0. The van der Waals surface area contributed by atoms with Gasteiger partial charge in [0.2, 0.25) is 5.91 Å². The zero-order valence-corrected chi connectivity index (χ0v) is 17.7. The van der Waals surface area contributed by atoms with Crippen LogP contribution in [0, 0.1) is 0 Å². The molecule has 0 atom stereocenters. The Kier molecular flexibility index (Phi) is 5.47. The van der Waals surface area contributed by atoms with Crippen LogP contribution in [-0.2, 0) is 11.3 Å². The number of benzene rings is 1. The number of amides is 1. The van der Waals surface area contributed by atoms with Crippen LogP contribution in [0.15, 0.2) is 67.9 Å². The van der Waals surface area contributed by atoms with E-state index in [1.807, 2.05) is 30.6 Å². The van der Waals surface area contributed by atoms with Gasteiger partial charge in [0.1, 0.15) is 12.0 Å². The molecule has 5 rings (SSSR count). The molecular formula is C25H24N6O. The first-order valence-corrected chi connectivity index (χ1v) is 10.7. The predicted molar refractivity (Wildman–Crippen MR) is 126 cm³/mol. The third-order valence-electron chi connectivity index (χ3n) is 5.77. The molecule has 3 aromatic heterocycles. The summed E-state index contributed by atoms with van der Waals surface area (Å²) in [6.45, 7) is 6.64. The van der Waals surface area contributed by atoms with Crippen molar-refractivity contribution < 1.29 is 4.79 Å². The Morgan fingerprint density at radius 3 is 2.81 bits per heavy atom. The molecule has 2 N–H and O–H groups in total. The lowest BCUT2D eigenvalue weighted by Gasteiger charge is -2.17. The van der Waals surface area contributed by atoms with E-state index in [-0.39, 0.29) is 5.91 Å². The van der Waals surface area contributed by atoms with E-state index in [1.165, 1.54) is 18.9 Å². The number of carbonyl (C=O) groups is 1. The highest BCUT2D eigenvalue weighted by atomic mass is 16.1. The van der Waals surface area contributed by atoms with E-state index in [0.717, 1.165) is 64.3 Å². The van der Waals surface area contributed by atoms with Gasteiger partial charge in [0, 0.05) is 47.3 Å². The van der Waals surface area contributed by atoms with Gasteiger partial charge >= 0.3 is 0 Å². The number of hydrogen-bond donors (Lipinski definition) is 2. The lowest BCUT2D eigenvalue weighted by molar-refractivity contribution is -0.111. The Bertz CT molecular complexity index is 1270. The van der Waals surface area contributed by atoms with E-state index in [1.54, 1.807) is 12.5 Å². The van der Waals surface area contributed by atoms with Crippen LogP contribution >= 0.6 is 0 Å². The SMILES string of the molecule is C=CC(=O)Nc1cc(CN2CCCC2)cc(-c2cnc3[nH]cc(-c4ccncn4)c3c2)c1. The fourth-order valence-electron chi connectivity index (χ4n) is 4.24. The molecule has 1 aliphatic heterocycles. The third kappa shape index (κ3) is 4.15. The van der Waals surface area contributed by atoms with Gasteiger partial charge in [0.15, 0.2) is 0 Å². The van der Waals surface area contributed by atoms with Gasteiger partial charge in [-0.1, -0.05) is 6.58 Å². The number of nitrogens with one attached hydrogen (secondary N) is 2. The zero-order valence-electron chi connectivity index (χ0n) is 17.7. The molecule has 4 aromatic rings. The van der Waals surface area contributed by atoms with Gasteiger partial charge in [-0.05, 0) is 73.5 Å². The topological polar surface area (TPSA) is 86.8 Å². The van der Waals surface area contributed by atoms with Gasteiger partial charge in [-0.3, -0.25) is 9.69 Å². The van der Waals surface area contributed by atoms with Crippen molar-refractivity contribution in [1.29, 1.82) is 0 Å². The monoisotopic (exact) mass is 424 g/mol. The molecule has 0 radical (unpaired) electrons. The molecule has 4 heterocycles. The van der Waals surface area contributed by atoms with Crippen LogP contribution in [0.1, 0.15) is 18.4 Å². The quantitative estimate of drug-likeness (QED) is 0.448. The number of pyridine rings is 1. The molecule has 7 heteroatoms. The van der Waals surface area contributed by atoms with Gasteiger partial charge in [-0.2, -0.15) is 0 Å². The molecule has 0 saturated carbocycles. The van der Waals surface area contributed by atoms with Gasteiger partial charge in [0.05, 0.1) is 5.69 Å². The number of aromatic nitrogens is 4. The summed E-state index contributed by atoms with van der Waals surface area (Å²) >= 11 is 0. The van der Waals surface area contributed by atoms with Crippen LogP contribution in [0.2, 0.25) is 0 Å². The minimum Gasteiger partial charge on any atom is -0.345 e. The van der Waals surface area contributed by atoms with Gasteiger partial charge < -0.3 is 10.3 Å². The molecule has 0 bridgehead atoms. The first kappa shape index (κ1) is 20.1. The summed E-state index contributed by atoms with van der Waals surface area (Å²) < 4.78 is 0. The zero-order chi connectivity index (χ0) is 21.9. The lowest BCUT2D eigenvalue weighted by Crippen LogP contribution is -2.18. The number of fused-ring (bicyclic) bond motifs is 1. The minimum atomic E-state index is -0.223. The van der Waals surface area contributed by atoms with Crippen molar-refractivity contribution in [3.8, 4) is 22.4 Å². The summed E-state index contributed by atoms with van der Waals surface area (Å²) in [5.74, 6) is -0.223. The standard InChI is InChI=1S/C25H24N6O/c1-2-24(32)30-20-10-17(15-31-7-3-4-8-31)9-18(11-20)19-12-21-22(14-28-25(21)27-13-19)23-5-6-26-16-29-23/h2,5-6,9-14,16H,1,3-4,7-8,15H2,(H,27,28)(H,30,32). The van der Waals surface area contributed by atoms with Crippen molar-refractivity contribution in [2.75, 3.05) is 18.4 Å². The molecule has 0 unspecified atom stereocenters. The Labute approximate surface area is 186 Å². The second-order valence-corrected chi connectivity index (χ2v) is 8.01. The summed E-state index contributed by atoms with van der Waals surface area (Å²) in [5, 5.41) is 3.91. The first-order chi connectivity index (χ1) is 15.7. The van der Waals surface area contributed by atoms with Crippen LogP contribution in [0.3, 0.4) is 0 Å². The average molecular weight is 425 g/mol. The molecule has 1 saturated heterocycles. The lowest BCUT2D eigenvalue weighted by atomic mass is 10.0. The highest BCUT2D eigenvalue weighted by molar-refractivity contribution is 5.99. The van der Waals surface area contributed by atoms with Crippen LogP contribution in [-0.4, -0.2) is 43.8 Å². The van der Waals surface area contributed by atoms with E-state index >= 15 is 0 Å². The van der Waals surface area contributed by atoms with Crippen molar-refractivity contribution in [2.45, 2.75) is 19.4 Å². The van der Waals surface area contributed by atoms with Gasteiger partial charge in [0.25, 0.3) is 0 Å². The number of rotatable bonds is 6. The number of anilines is 1. The minimum absolute atomic E-state index is 0.223. The number of aromatic amines is 1. The van der Waals surface area contributed by atoms with E-state index in [9.17, 15) is 4.79 Å². The number of hydrogen-bond acceptors (Lipinski definition) is 5. The fourth-order valence-corrected chi connectivity index (χ4v) is 4.24. The molecular weight excluding hydrogens is 400 g/mol. The number of likely N-dealkylation sites (tertiary alicyclic amines) is 1. The Morgan fingerprint density at radius 2 is 2.03 bits per heavy atom. The third-order valence-corrected chi connectivity index (χ3v) is 5.77. The van der Waals surface area contributed by atoms with Crippen LogP contribution in [0.5, 0.6) is 0 Å². The van der Waals surface area contributed by atoms with E-state index in [0.29, 0.717) is 0 Å². The largest absolute Gasteiger partial charge is 0.345 e. The molecule has 32 heavy (non-hydrogen) atoms. The molecule has 7 nitrogen and oxygen atoms in total. The van der Waals surface area contributed by atoms with E-state index < -0.39 is 0 Å². The number of nitrogens with zero attached hydrogens (tertiary/aromatic N) is 4. The molecule has 160 valence electrons. The van der Waals surface area contributed by atoms with Gasteiger partial charge in [-0.25, -0.2) is 15.0 Å². The maximum Gasteiger partial charge on any atom is 0.247 e. The smallest absolute Gasteiger partial charge is 0.247 e. The summed E-state index contributed by atoms with van der Waals surface area (Å²) in [5.41, 5.74) is 6.52. The summed E-state index contributed by atoms with van der Waals surface area (Å²) in [4.78, 5) is 30.6. The van der Waals surface area contributed by atoms with Crippen molar-refractivity contribution in [3.05, 3.63) is 73.5 Å². The maximum atomic E-state index is 12.0. The highest BCUT2D eigenvalue weighted by Crippen LogP contribution is 2.32. The Hall–Kier alpha value is -3.84. The summed E-state index contributed by atoms with van der Waals surface area (Å²) in [6.07, 6.45) is 10.8. The van der Waals surface area contributed by atoms with Crippen LogP contribution in [0.25, 0.3) is 33.4 Å². The first-order valence-electron chi connectivity index (χ1n) is 10.7. The van der Waals surface area contributed by atoms with Crippen molar-refractivity contribution in [2.24, 2.45) is 0 Å². The second-order valence-electron chi connectivity index (χ2n) is 8.01. The number of H-pyrrole nitrogens is 1. The molecule has 1 aliphatic rings. The Balaban J connectivity index is 1.56. The van der Waals surface area contributed by atoms with Gasteiger partial charge in [-0.15, -0.1) is 0 Å². The van der Waals surface area contributed by atoms with Crippen molar-refractivity contribution in [1.82, 2.24) is 24.8 Å². The fraction of sp³-hybridized carbons (Fsp3) is 0.200. The predicted octanol–water partition coefficient (Wildman–Crippen LogP) is 4.41. The molecule has 0 aliphatic carbocycles. The highest BCUT2D eigenvalue weighted by Gasteiger charge is 2.15. The second kappa shape index (κ2) is 8.72. The molecule has 1 aromatic carbocycles. The van der Waals surface area contributed by atoms with Crippen molar-refractivity contribution >= 4 is 22.6 Å². The van der Waals surface area contributed by atoms with E-state index in [4.69, 9.17) is 0 Å².